The summed E-state index contributed by atoms with van der Waals surface area (Å²) in [6.07, 6.45) is 1.63. The number of nitrogens with two attached hydrogens (primary N) is 2. The second kappa shape index (κ2) is 16.1. The number of halogens is 1. The molecule has 0 spiro atoms. The topological polar surface area (TPSA) is 180 Å². The van der Waals surface area contributed by atoms with E-state index in [1.165, 1.54) is 11.0 Å². The number of carbonyl (C=O) groups excluding carboxylic acids is 3. The summed E-state index contributed by atoms with van der Waals surface area (Å²) in [5.74, 6) is -1.78. The molecule has 0 radical (unpaired) electrons. The maximum Gasteiger partial charge on any atom is 0.243 e. The van der Waals surface area contributed by atoms with Crippen LogP contribution in [0.2, 0.25) is 0 Å². The van der Waals surface area contributed by atoms with Crippen molar-refractivity contribution in [1.29, 1.82) is 0 Å². The van der Waals surface area contributed by atoms with Crippen LogP contribution in [0, 0.1) is 0 Å². The van der Waals surface area contributed by atoms with Gasteiger partial charge in [0, 0.05) is 43.6 Å². The average molecular weight is 684 g/mol. The summed E-state index contributed by atoms with van der Waals surface area (Å²) in [7, 11) is -0.456. The second-order valence-corrected chi connectivity index (χ2v) is 13.6. The molecule has 252 valence electrons. The lowest BCUT2D eigenvalue weighted by Crippen LogP contribution is -2.55. The van der Waals surface area contributed by atoms with Gasteiger partial charge in [0.2, 0.25) is 21.8 Å². The normalized spacial score (nSPS) is 16.0. The van der Waals surface area contributed by atoms with Crippen molar-refractivity contribution in [2.45, 2.75) is 55.1 Å². The smallest absolute Gasteiger partial charge is 0.243 e. The number of hydrogen-bond acceptors (Lipinski definition) is 7. The van der Waals surface area contributed by atoms with Crippen molar-refractivity contribution >= 4 is 61.6 Å². The van der Waals surface area contributed by atoms with Gasteiger partial charge in [0.1, 0.15) is 12.1 Å². The highest BCUT2D eigenvalue weighted by atomic mass is 35.5. The first-order chi connectivity index (χ1) is 22.4. The third-order valence-electron chi connectivity index (χ3n) is 8.13. The highest BCUT2D eigenvalue weighted by molar-refractivity contribution is 7.89. The summed E-state index contributed by atoms with van der Waals surface area (Å²) in [6.45, 7) is 0.524. The van der Waals surface area contributed by atoms with Crippen LogP contribution in [0.25, 0.3) is 10.8 Å². The fourth-order valence-corrected chi connectivity index (χ4v) is 7.45. The Kier molecular flexibility index (Phi) is 12.2. The van der Waals surface area contributed by atoms with E-state index in [0.717, 1.165) is 16.6 Å². The van der Waals surface area contributed by atoms with Crippen molar-refractivity contribution in [2.75, 3.05) is 38.0 Å². The molecule has 6 N–H and O–H groups in total. The number of amides is 2. The Morgan fingerprint density at radius 1 is 1.00 bits per heavy atom. The van der Waals surface area contributed by atoms with Crippen LogP contribution in [0.1, 0.15) is 31.2 Å². The monoisotopic (exact) mass is 683 g/mol. The van der Waals surface area contributed by atoms with E-state index in [1.54, 1.807) is 18.2 Å². The molecule has 47 heavy (non-hydrogen) atoms. The van der Waals surface area contributed by atoms with Crippen LogP contribution < -0.4 is 26.4 Å². The SMILES string of the molecule is CN(C)c1cccc2c(S(=O)(=O)NC(Cc3ccccc3)C(=O)N3CCCC3C(=O)NC(CCCN=C(N)N)C(=O)CCl)cccc12. The molecule has 0 bridgehead atoms. The number of ketones is 1. The van der Waals surface area contributed by atoms with E-state index >= 15 is 0 Å². The first-order valence-corrected chi connectivity index (χ1v) is 17.4. The Morgan fingerprint density at radius 3 is 2.38 bits per heavy atom. The first kappa shape index (κ1) is 35.7. The molecule has 0 aromatic heterocycles. The van der Waals surface area contributed by atoms with Gasteiger partial charge in [-0.25, -0.2) is 8.42 Å². The zero-order chi connectivity index (χ0) is 34.1. The minimum atomic E-state index is -4.22. The first-order valence-electron chi connectivity index (χ1n) is 15.4. The number of benzene rings is 3. The quantitative estimate of drug-likeness (QED) is 0.0814. The van der Waals surface area contributed by atoms with Crippen molar-refractivity contribution in [1.82, 2.24) is 14.9 Å². The van der Waals surface area contributed by atoms with Crippen LogP contribution in [0.3, 0.4) is 0 Å². The van der Waals surface area contributed by atoms with Crippen molar-refractivity contribution in [3.05, 3.63) is 72.3 Å². The number of rotatable bonds is 15. The number of nitrogens with one attached hydrogen (secondary N) is 2. The number of Topliss-reactive ketones (excluding diaryl/α,β-unsaturated/α-hetero) is 1. The van der Waals surface area contributed by atoms with E-state index < -0.39 is 40.0 Å². The number of carbonyl (C=O) groups is 3. The number of alkyl halides is 1. The minimum absolute atomic E-state index is 0.0448. The zero-order valence-electron chi connectivity index (χ0n) is 26.6. The summed E-state index contributed by atoms with van der Waals surface area (Å²) in [5.41, 5.74) is 12.3. The number of nitrogens with zero attached hydrogens (tertiary/aromatic N) is 3. The molecule has 4 rings (SSSR count). The van der Waals surface area contributed by atoms with Gasteiger partial charge in [-0.05, 0) is 49.8 Å². The predicted molar refractivity (Wildman–Crippen MR) is 185 cm³/mol. The largest absolute Gasteiger partial charge is 0.377 e. The van der Waals surface area contributed by atoms with E-state index in [0.29, 0.717) is 24.6 Å². The summed E-state index contributed by atoms with van der Waals surface area (Å²) in [6, 6.07) is 16.6. The molecule has 3 atom stereocenters. The van der Waals surface area contributed by atoms with Gasteiger partial charge in [0.15, 0.2) is 11.7 Å². The number of likely N-dealkylation sites (tertiary alicyclic amines) is 1. The van der Waals surface area contributed by atoms with E-state index in [-0.39, 0.29) is 48.4 Å². The molecule has 2 amide bonds. The molecule has 0 aliphatic carbocycles. The molecule has 1 saturated heterocycles. The fourth-order valence-electron chi connectivity index (χ4n) is 5.85. The van der Waals surface area contributed by atoms with Gasteiger partial charge < -0.3 is 26.6 Å². The van der Waals surface area contributed by atoms with Crippen LogP contribution in [0.4, 0.5) is 5.69 Å². The molecule has 1 aliphatic heterocycles. The zero-order valence-corrected chi connectivity index (χ0v) is 28.1. The Balaban J connectivity index is 1.61. The highest BCUT2D eigenvalue weighted by Gasteiger charge is 2.39. The molecule has 12 nitrogen and oxygen atoms in total. The van der Waals surface area contributed by atoms with Crippen LogP contribution in [-0.4, -0.2) is 88.1 Å². The number of anilines is 1. The lowest BCUT2D eigenvalue weighted by Gasteiger charge is -2.30. The van der Waals surface area contributed by atoms with Gasteiger partial charge in [-0.1, -0.05) is 54.6 Å². The van der Waals surface area contributed by atoms with Gasteiger partial charge in [0.05, 0.1) is 16.8 Å². The molecule has 3 unspecified atom stereocenters. The Morgan fingerprint density at radius 2 is 1.70 bits per heavy atom. The molecule has 1 aliphatic rings. The number of guanidine groups is 1. The van der Waals surface area contributed by atoms with Crippen molar-refractivity contribution in [3.63, 3.8) is 0 Å². The van der Waals surface area contributed by atoms with Gasteiger partial charge in [-0.15, -0.1) is 11.6 Å². The van der Waals surface area contributed by atoms with Crippen LogP contribution in [-0.2, 0) is 30.8 Å². The molecule has 1 fully saturated rings. The Bertz CT molecular complexity index is 1710. The lowest BCUT2D eigenvalue weighted by molar-refractivity contribution is -0.140. The standard InChI is InChI=1S/C33H42ClN7O5S/c1-40(2)27-15-6-13-24-23(27)12-7-17-30(24)47(45,46)39-26(20-22-10-4-3-5-11-22)32(44)41-19-9-16-28(41)31(43)38-25(29(42)21-34)14-8-18-37-33(35)36/h3-7,10-13,15,17,25-26,28,39H,8-9,14,16,18-21H2,1-2H3,(H,38,43)(H4,35,36,37). The van der Waals surface area contributed by atoms with Crippen LogP contribution >= 0.6 is 11.6 Å². The summed E-state index contributed by atoms with van der Waals surface area (Å²) < 4.78 is 30.7. The minimum Gasteiger partial charge on any atom is -0.377 e. The third kappa shape index (κ3) is 8.99. The van der Waals surface area contributed by atoms with E-state index in [4.69, 9.17) is 23.1 Å². The lowest BCUT2D eigenvalue weighted by atomic mass is 10.0. The van der Waals surface area contributed by atoms with Gasteiger partial charge >= 0.3 is 0 Å². The van der Waals surface area contributed by atoms with Crippen molar-refractivity contribution < 1.29 is 22.8 Å². The summed E-state index contributed by atoms with van der Waals surface area (Å²) in [4.78, 5) is 47.6. The maximum absolute atomic E-state index is 14.2. The van der Waals surface area contributed by atoms with Gasteiger partial charge in [-0.2, -0.15) is 4.72 Å². The molecule has 3 aromatic carbocycles. The molecule has 0 saturated carbocycles. The molecular weight excluding hydrogens is 642 g/mol. The Hall–Kier alpha value is -4.20. The van der Waals surface area contributed by atoms with Crippen molar-refractivity contribution in [3.8, 4) is 0 Å². The van der Waals surface area contributed by atoms with Crippen molar-refractivity contribution in [2.24, 2.45) is 16.5 Å². The molecule has 1 heterocycles. The average Bonchev–Trinajstić information content (AvgIpc) is 3.55. The molecule has 3 aromatic rings. The molecular formula is C33H42ClN7O5S. The van der Waals surface area contributed by atoms with E-state index in [9.17, 15) is 22.8 Å². The maximum atomic E-state index is 14.2. The van der Waals surface area contributed by atoms with E-state index in [1.807, 2.05) is 61.5 Å². The second-order valence-electron chi connectivity index (χ2n) is 11.7. The van der Waals surface area contributed by atoms with E-state index in [2.05, 4.69) is 15.0 Å². The number of aliphatic imine (C=N–C) groups is 1. The fraction of sp³-hybridized carbons (Fsp3) is 0.394. The van der Waals surface area contributed by atoms with Gasteiger partial charge in [-0.3, -0.25) is 19.4 Å². The third-order valence-corrected chi connectivity index (χ3v) is 9.92. The van der Waals surface area contributed by atoms with Crippen LogP contribution in [0.5, 0.6) is 0 Å². The summed E-state index contributed by atoms with van der Waals surface area (Å²) in [5, 5.41) is 4.03. The highest BCUT2D eigenvalue weighted by Crippen LogP contribution is 2.30. The Labute approximate surface area is 280 Å². The number of hydrogen-bond donors (Lipinski definition) is 4. The number of sulfonamides is 1. The number of fused-ring (bicyclic) bond motifs is 1. The van der Waals surface area contributed by atoms with Crippen LogP contribution in [0.15, 0.2) is 76.6 Å². The molecule has 14 heteroatoms. The predicted octanol–water partition coefficient (Wildman–Crippen LogP) is 2.13. The van der Waals surface area contributed by atoms with Gasteiger partial charge in [0.25, 0.3) is 0 Å². The summed E-state index contributed by atoms with van der Waals surface area (Å²) >= 11 is 5.82.